The average molecular weight is 230 g/mol. The molecule has 1 fully saturated rings. The van der Waals surface area contributed by atoms with Gasteiger partial charge in [0.05, 0.1) is 0 Å². The Balaban J connectivity index is 2.00. The first-order valence-corrected chi connectivity index (χ1v) is 6.47. The number of hydrogen-bond donors (Lipinski definition) is 0. The lowest BCUT2D eigenvalue weighted by atomic mass is 9.80. The van der Waals surface area contributed by atoms with Crippen molar-refractivity contribution in [2.45, 2.75) is 51.6 Å². The van der Waals surface area contributed by atoms with Crippen LogP contribution in [0.4, 0.5) is 0 Å². The van der Waals surface area contributed by atoms with Crippen LogP contribution in [-0.2, 0) is 6.54 Å². The van der Waals surface area contributed by atoms with E-state index in [-0.39, 0.29) is 11.9 Å². The lowest BCUT2D eigenvalue weighted by molar-refractivity contribution is 0.0730. The van der Waals surface area contributed by atoms with Crippen LogP contribution in [0, 0.1) is 0 Å². The van der Waals surface area contributed by atoms with Gasteiger partial charge in [-0.15, -0.1) is 0 Å². The molecule has 3 heteroatoms. The van der Waals surface area contributed by atoms with E-state index in [1.165, 1.54) is 30.5 Å². The number of nitrogens with zero attached hydrogens (tertiary/aromatic N) is 2. The Morgan fingerprint density at radius 1 is 1.41 bits per heavy atom. The molecule has 2 aliphatic rings. The summed E-state index contributed by atoms with van der Waals surface area (Å²) in [5.41, 5.74) is 3.26. The molecule has 0 bridgehead atoms. The van der Waals surface area contributed by atoms with Crippen molar-refractivity contribution in [3.63, 3.8) is 0 Å². The molecule has 1 aromatic rings. The number of fused-ring (bicyclic) bond motifs is 1. The third-order valence-corrected chi connectivity index (χ3v) is 4.02. The summed E-state index contributed by atoms with van der Waals surface area (Å²) in [7, 11) is 0. The standard InChI is InChI=1S/C14H18N2O/c1-9(2)16-8-12-11(14(16)17)6-7-15-13(12)10-4-3-5-10/h6-7,9-10H,3-5,8H2,1-2H3. The summed E-state index contributed by atoms with van der Waals surface area (Å²) < 4.78 is 0. The fourth-order valence-electron chi connectivity index (χ4n) is 2.72. The molecule has 1 aliphatic carbocycles. The summed E-state index contributed by atoms with van der Waals surface area (Å²) in [5.74, 6) is 0.780. The molecule has 0 unspecified atom stereocenters. The van der Waals surface area contributed by atoms with Crippen molar-refractivity contribution in [3.05, 3.63) is 29.1 Å². The van der Waals surface area contributed by atoms with Crippen molar-refractivity contribution in [2.75, 3.05) is 0 Å². The van der Waals surface area contributed by atoms with Gasteiger partial charge >= 0.3 is 0 Å². The van der Waals surface area contributed by atoms with Gasteiger partial charge in [0.25, 0.3) is 5.91 Å². The van der Waals surface area contributed by atoms with Gasteiger partial charge in [-0.1, -0.05) is 6.42 Å². The van der Waals surface area contributed by atoms with E-state index in [0.29, 0.717) is 5.92 Å². The fraction of sp³-hybridized carbons (Fsp3) is 0.571. The number of aromatic nitrogens is 1. The molecule has 1 amide bonds. The van der Waals surface area contributed by atoms with Crippen LogP contribution in [0.2, 0.25) is 0 Å². The lowest BCUT2D eigenvalue weighted by Crippen LogP contribution is -2.30. The van der Waals surface area contributed by atoms with Crippen LogP contribution in [0.5, 0.6) is 0 Å². The highest BCUT2D eigenvalue weighted by molar-refractivity contribution is 5.98. The molecule has 0 aromatic carbocycles. The van der Waals surface area contributed by atoms with Crippen LogP contribution in [0.25, 0.3) is 0 Å². The summed E-state index contributed by atoms with van der Waals surface area (Å²) >= 11 is 0. The largest absolute Gasteiger partial charge is 0.332 e. The summed E-state index contributed by atoms with van der Waals surface area (Å²) in [6.45, 7) is 4.89. The molecule has 3 nitrogen and oxygen atoms in total. The van der Waals surface area contributed by atoms with Crippen molar-refractivity contribution >= 4 is 5.91 Å². The van der Waals surface area contributed by atoms with Gasteiger partial charge in [-0.05, 0) is 32.8 Å². The summed E-state index contributed by atoms with van der Waals surface area (Å²) in [5, 5.41) is 0. The predicted molar refractivity (Wildman–Crippen MR) is 65.8 cm³/mol. The zero-order valence-electron chi connectivity index (χ0n) is 10.4. The molecular weight excluding hydrogens is 212 g/mol. The van der Waals surface area contributed by atoms with E-state index in [2.05, 4.69) is 18.8 Å². The Morgan fingerprint density at radius 2 is 2.18 bits per heavy atom. The van der Waals surface area contributed by atoms with Gasteiger partial charge in [-0.3, -0.25) is 9.78 Å². The van der Waals surface area contributed by atoms with Gasteiger partial charge in [-0.25, -0.2) is 0 Å². The quantitative estimate of drug-likeness (QED) is 0.782. The molecule has 0 saturated heterocycles. The summed E-state index contributed by atoms with van der Waals surface area (Å²) in [4.78, 5) is 18.7. The van der Waals surface area contributed by atoms with Crippen LogP contribution in [0.15, 0.2) is 12.3 Å². The van der Waals surface area contributed by atoms with Crippen LogP contribution >= 0.6 is 0 Å². The molecule has 17 heavy (non-hydrogen) atoms. The molecule has 1 saturated carbocycles. The number of hydrogen-bond acceptors (Lipinski definition) is 2. The van der Waals surface area contributed by atoms with Crippen LogP contribution in [-0.4, -0.2) is 21.8 Å². The Bertz CT molecular complexity index is 463. The minimum Gasteiger partial charge on any atom is -0.332 e. The summed E-state index contributed by atoms with van der Waals surface area (Å²) in [6, 6.07) is 2.14. The van der Waals surface area contributed by atoms with Gasteiger partial charge in [0.1, 0.15) is 0 Å². The zero-order chi connectivity index (χ0) is 12.0. The second-order valence-electron chi connectivity index (χ2n) is 5.38. The highest BCUT2D eigenvalue weighted by atomic mass is 16.2. The minimum absolute atomic E-state index is 0.179. The molecule has 1 aliphatic heterocycles. The van der Waals surface area contributed by atoms with E-state index in [1.807, 2.05) is 11.0 Å². The first-order chi connectivity index (χ1) is 8.18. The van der Waals surface area contributed by atoms with Crippen LogP contribution in [0.3, 0.4) is 0 Å². The van der Waals surface area contributed by atoms with Gasteiger partial charge in [0.2, 0.25) is 0 Å². The second kappa shape index (κ2) is 3.83. The predicted octanol–water partition coefficient (Wildman–Crippen LogP) is 2.71. The summed E-state index contributed by atoms with van der Waals surface area (Å²) in [6.07, 6.45) is 5.57. The van der Waals surface area contributed by atoms with Gasteiger partial charge < -0.3 is 4.90 Å². The normalized spacial score (nSPS) is 19.7. The van der Waals surface area contributed by atoms with E-state index in [9.17, 15) is 4.79 Å². The first kappa shape index (κ1) is 10.8. The number of carbonyl (C=O) groups excluding carboxylic acids is 1. The van der Waals surface area contributed by atoms with E-state index >= 15 is 0 Å². The van der Waals surface area contributed by atoms with Crippen molar-refractivity contribution in [1.82, 2.24) is 9.88 Å². The molecule has 0 atom stereocenters. The molecule has 0 radical (unpaired) electrons. The molecule has 0 spiro atoms. The molecular formula is C14H18N2O. The average Bonchev–Trinajstić information content (AvgIpc) is 2.55. The van der Waals surface area contributed by atoms with E-state index in [4.69, 9.17) is 0 Å². The first-order valence-electron chi connectivity index (χ1n) is 6.47. The monoisotopic (exact) mass is 230 g/mol. The lowest BCUT2D eigenvalue weighted by Gasteiger charge is -2.26. The highest BCUT2D eigenvalue weighted by Crippen LogP contribution is 2.39. The smallest absolute Gasteiger partial charge is 0.254 e. The molecule has 0 N–H and O–H groups in total. The van der Waals surface area contributed by atoms with Crippen molar-refractivity contribution in [1.29, 1.82) is 0 Å². The van der Waals surface area contributed by atoms with E-state index in [0.717, 1.165) is 12.1 Å². The second-order valence-corrected chi connectivity index (χ2v) is 5.38. The molecule has 90 valence electrons. The maximum absolute atomic E-state index is 12.2. The van der Waals surface area contributed by atoms with Crippen molar-refractivity contribution in [2.24, 2.45) is 0 Å². The van der Waals surface area contributed by atoms with Crippen LogP contribution < -0.4 is 0 Å². The van der Waals surface area contributed by atoms with Gasteiger partial charge in [-0.2, -0.15) is 0 Å². The fourth-order valence-corrected chi connectivity index (χ4v) is 2.72. The SMILES string of the molecule is CC(C)N1Cc2c(ccnc2C2CCC2)C1=O. The maximum atomic E-state index is 12.2. The van der Waals surface area contributed by atoms with Crippen LogP contribution in [0.1, 0.15) is 60.6 Å². The van der Waals surface area contributed by atoms with Crippen molar-refractivity contribution in [3.8, 4) is 0 Å². The van der Waals surface area contributed by atoms with Crippen molar-refractivity contribution < 1.29 is 4.79 Å². The van der Waals surface area contributed by atoms with E-state index in [1.54, 1.807) is 6.20 Å². The number of carbonyl (C=O) groups is 1. The van der Waals surface area contributed by atoms with Gasteiger partial charge in [0, 0.05) is 41.5 Å². The Morgan fingerprint density at radius 3 is 2.76 bits per heavy atom. The third-order valence-electron chi connectivity index (χ3n) is 4.02. The third kappa shape index (κ3) is 1.56. The Kier molecular flexibility index (Phi) is 2.42. The zero-order valence-corrected chi connectivity index (χ0v) is 10.4. The minimum atomic E-state index is 0.179. The Labute approximate surface area is 102 Å². The highest BCUT2D eigenvalue weighted by Gasteiger charge is 2.34. The molecule has 2 heterocycles. The van der Waals surface area contributed by atoms with Gasteiger partial charge in [0.15, 0.2) is 0 Å². The maximum Gasteiger partial charge on any atom is 0.254 e. The van der Waals surface area contributed by atoms with E-state index < -0.39 is 0 Å². The molecule has 3 rings (SSSR count). The number of rotatable bonds is 2. The molecule has 1 aromatic heterocycles. The Hall–Kier alpha value is -1.38. The topological polar surface area (TPSA) is 33.2 Å². The number of amides is 1. The number of pyridine rings is 1.